The van der Waals surface area contributed by atoms with Crippen molar-refractivity contribution >= 4 is 25.0 Å². The lowest BCUT2D eigenvalue weighted by Crippen LogP contribution is -2.03. The molecule has 0 fully saturated rings. The number of aliphatic carboxylic acids is 2. The van der Waals surface area contributed by atoms with Crippen molar-refractivity contribution in [2.24, 2.45) is 5.73 Å². The summed E-state index contributed by atoms with van der Waals surface area (Å²) >= 11 is 0. The molecule has 0 saturated carbocycles. The van der Waals surface area contributed by atoms with Crippen LogP contribution >= 0.6 is 7.80 Å². The summed E-state index contributed by atoms with van der Waals surface area (Å²) in [6.07, 6.45) is 2.56. The third-order valence-electron chi connectivity index (χ3n) is 2.64. The zero-order valence-corrected chi connectivity index (χ0v) is 13.4. The van der Waals surface area contributed by atoms with Crippen LogP contribution in [0.15, 0.2) is 30.3 Å². The van der Waals surface area contributed by atoms with Crippen LogP contribution in [0.2, 0.25) is 0 Å². The third-order valence-corrected chi connectivity index (χ3v) is 4.24. The third kappa shape index (κ3) is 12.0. The van der Waals surface area contributed by atoms with Crippen molar-refractivity contribution in [3.8, 4) is 0 Å². The summed E-state index contributed by atoms with van der Waals surface area (Å²) in [4.78, 5) is 19.8. The predicted octanol–water partition coefficient (Wildman–Crippen LogP) is 2.20. The second kappa shape index (κ2) is 12.9. The quantitative estimate of drug-likeness (QED) is 0.472. The highest BCUT2D eigenvalue weighted by atomic mass is 31.1. The van der Waals surface area contributed by atoms with E-state index in [0.717, 1.165) is 11.7 Å². The van der Waals surface area contributed by atoms with Crippen LogP contribution in [0.4, 0.5) is 0 Å². The van der Waals surface area contributed by atoms with E-state index < -0.39 is 19.7 Å². The Morgan fingerprint density at radius 2 is 1.45 bits per heavy atom. The lowest BCUT2D eigenvalue weighted by molar-refractivity contribution is -0.139. The lowest BCUT2D eigenvalue weighted by atomic mass is 10.2. The Bertz CT molecular complexity index is 448. The van der Waals surface area contributed by atoms with Gasteiger partial charge in [0.25, 0.3) is 0 Å². The van der Waals surface area contributed by atoms with Crippen LogP contribution in [0.5, 0.6) is 0 Å². The molecule has 0 saturated heterocycles. The highest BCUT2D eigenvalue weighted by Crippen LogP contribution is 2.19. The lowest BCUT2D eigenvalue weighted by Gasteiger charge is -1.92. The summed E-state index contributed by atoms with van der Waals surface area (Å²) in [5.41, 5.74) is 5.33. The zero-order valence-electron chi connectivity index (χ0n) is 12.5. The SMILES string of the molecule is NCCC[P+](=O)c1ccccc1.O=C(O)CCCCC(=O)O. The van der Waals surface area contributed by atoms with E-state index in [1.807, 2.05) is 30.3 Å². The van der Waals surface area contributed by atoms with E-state index in [4.69, 9.17) is 15.9 Å². The molecule has 6 nitrogen and oxygen atoms in total. The molecule has 0 spiro atoms. The summed E-state index contributed by atoms with van der Waals surface area (Å²) in [5, 5.41) is 17.2. The number of carbonyl (C=O) groups is 2. The molecule has 0 bridgehead atoms. The first-order valence-electron chi connectivity index (χ1n) is 7.10. The molecular weight excluding hydrogens is 305 g/mol. The monoisotopic (exact) mass is 328 g/mol. The maximum atomic E-state index is 11.5. The Kier molecular flexibility index (Phi) is 11.9. The van der Waals surface area contributed by atoms with E-state index in [1.165, 1.54) is 0 Å². The summed E-state index contributed by atoms with van der Waals surface area (Å²) < 4.78 is 11.5. The molecule has 0 amide bonds. The topological polar surface area (TPSA) is 118 Å². The van der Waals surface area contributed by atoms with Gasteiger partial charge in [0.15, 0.2) is 11.5 Å². The van der Waals surface area contributed by atoms with E-state index >= 15 is 0 Å². The molecule has 0 aliphatic carbocycles. The fourth-order valence-electron chi connectivity index (χ4n) is 1.51. The van der Waals surface area contributed by atoms with Crippen molar-refractivity contribution in [3.63, 3.8) is 0 Å². The second-order valence-corrected chi connectivity index (χ2v) is 6.30. The minimum atomic E-state index is -1.21. The molecule has 0 aliphatic heterocycles. The average Bonchev–Trinajstić information content (AvgIpc) is 2.50. The molecule has 0 aromatic heterocycles. The standard InChI is InChI=1S/C9H13NOP.C6H10O4/c10-7-4-8-12(11)9-5-2-1-3-6-9;7-5(8)3-1-2-4-6(9)10/h1-3,5-6H,4,7-8,10H2;1-4H2,(H,7,8)(H,9,10)/q+1;. The Balaban J connectivity index is 0.000000409. The van der Waals surface area contributed by atoms with Gasteiger partial charge in [-0.2, -0.15) is 0 Å². The number of hydrogen-bond donors (Lipinski definition) is 3. The van der Waals surface area contributed by atoms with Crippen LogP contribution in [0, 0.1) is 0 Å². The van der Waals surface area contributed by atoms with Gasteiger partial charge in [0.2, 0.25) is 0 Å². The highest BCUT2D eigenvalue weighted by molar-refractivity contribution is 7.53. The molecule has 0 radical (unpaired) electrons. The van der Waals surface area contributed by atoms with E-state index in [9.17, 15) is 14.2 Å². The van der Waals surface area contributed by atoms with Gasteiger partial charge in [-0.3, -0.25) is 9.59 Å². The number of hydrogen-bond acceptors (Lipinski definition) is 4. The van der Waals surface area contributed by atoms with E-state index in [1.54, 1.807) is 0 Å². The number of unbranched alkanes of at least 4 members (excludes halogenated alkanes) is 1. The van der Waals surface area contributed by atoms with Crippen LogP contribution in [0.3, 0.4) is 0 Å². The van der Waals surface area contributed by atoms with Crippen LogP contribution in [0.25, 0.3) is 0 Å². The van der Waals surface area contributed by atoms with E-state index in [-0.39, 0.29) is 12.8 Å². The molecule has 1 rings (SSSR count). The van der Waals surface area contributed by atoms with Crippen LogP contribution < -0.4 is 11.0 Å². The summed E-state index contributed by atoms with van der Waals surface area (Å²) in [6.45, 7) is 0.619. The van der Waals surface area contributed by atoms with Gasteiger partial charge >= 0.3 is 19.7 Å². The van der Waals surface area contributed by atoms with Crippen molar-refractivity contribution in [1.29, 1.82) is 0 Å². The fourth-order valence-corrected chi connectivity index (χ4v) is 2.74. The van der Waals surface area contributed by atoms with Crippen LogP contribution in [-0.2, 0) is 14.2 Å². The minimum absolute atomic E-state index is 0.0628. The number of benzene rings is 1. The van der Waals surface area contributed by atoms with Gasteiger partial charge in [0, 0.05) is 19.3 Å². The van der Waals surface area contributed by atoms with Gasteiger partial charge < -0.3 is 15.9 Å². The number of nitrogens with two attached hydrogens (primary N) is 1. The Morgan fingerprint density at radius 3 is 1.86 bits per heavy atom. The van der Waals surface area contributed by atoms with Crippen molar-refractivity contribution in [3.05, 3.63) is 30.3 Å². The predicted molar refractivity (Wildman–Crippen MR) is 86.0 cm³/mol. The molecule has 0 aliphatic rings. The normalized spacial score (nSPS) is 10.3. The molecule has 4 N–H and O–H groups in total. The first-order chi connectivity index (χ1) is 10.5. The van der Waals surface area contributed by atoms with Crippen LogP contribution in [0.1, 0.15) is 32.1 Å². The zero-order chi connectivity index (χ0) is 16.8. The highest BCUT2D eigenvalue weighted by Gasteiger charge is 2.16. The number of rotatable bonds is 9. The van der Waals surface area contributed by atoms with Crippen molar-refractivity contribution in [2.45, 2.75) is 32.1 Å². The summed E-state index contributed by atoms with van der Waals surface area (Å²) in [6, 6.07) is 9.54. The molecule has 1 aromatic carbocycles. The van der Waals surface area contributed by atoms with Crippen LogP contribution in [-0.4, -0.2) is 34.9 Å². The molecule has 1 unspecified atom stereocenters. The Morgan fingerprint density at radius 1 is 0.955 bits per heavy atom. The van der Waals surface area contributed by atoms with Crippen molar-refractivity contribution in [1.82, 2.24) is 0 Å². The maximum absolute atomic E-state index is 11.5. The molecule has 22 heavy (non-hydrogen) atoms. The van der Waals surface area contributed by atoms with Crippen molar-refractivity contribution < 1.29 is 24.4 Å². The fraction of sp³-hybridized carbons (Fsp3) is 0.467. The van der Waals surface area contributed by atoms with Gasteiger partial charge in [-0.15, -0.1) is 0 Å². The van der Waals surface area contributed by atoms with E-state index in [0.29, 0.717) is 25.5 Å². The van der Waals surface area contributed by atoms with Gasteiger partial charge in [0.1, 0.15) is 0 Å². The molecule has 1 atom stereocenters. The smallest absolute Gasteiger partial charge is 0.376 e. The summed E-state index contributed by atoms with van der Waals surface area (Å²) in [5.74, 6) is -1.74. The Labute approximate surface area is 131 Å². The minimum Gasteiger partial charge on any atom is -0.481 e. The van der Waals surface area contributed by atoms with E-state index in [2.05, 4.69) is 0 Å². The van der Waals surface area contributed by atoms with Gasteiger partial charge in [-0.1, -0.05) is 22.8 Å². The molecule has 1 aromatic rings. The Hall–Kier alpha value is -1.78. The first kappa shape index (κ1) is 20.2. The average molecular weight is 328 g/mol. The van der Waals surface area contributed by atoms with Gasteiger partial charge in [-0.25, -0.2) is 0 Å². The molecule has 122 valence electrons. The number of carboxylic acids is 2. The summed E-state index contributed by atoms with van der Waals surface area (Å²) in [7, 11) is -1.21. The largest absolute Gasteiger partial charge is 0.481 e. The molecule has 7 heteroatoms. The van der Waals surface area contributed by atoms with Gasteiger partial charge in [0.05, 0.1) is 0 Å². The number of carboxylic acid groups (broad SMARTS) is 2. The molecular formula is C15H23NO5P+. The van der Waals surface area contributed by atoms with Crippen molar-refractivity contribution in [2.75, 3.05) is 12.7 Å². The molecule has 0 heterocycles. The van der Waals surface area contributed by atoms with Gasteiger partial charge in [-0.05, 0) is 31.5 Å². The second-order valence-electron chi connectivity index (χ2n) is 4.57. The first-order valence-corrected chi connectivity index (χ1v) is 8.55. The maximum Gasteiger partial charge on any atom is 0.376 e.